The summed E-state index contributed by atoms with van der Waals surface area (Å²) in [7, 11) is 0. The van der Waals surface area contributed by atoms with E-state index >= 15 is 0 Å². The first-order valence-corrected chi connectivity index (χ1v) is 10.2. The second-order valence-corrected chi connectivity index (χ2v) is 7.61. The number of quaternary nitrogens is 1. The number of hydrogen-bond donors (Lipinski definition) is 2. The van der Waals surface area contributed by atoms with Crippen molar-refractivity contribution in [2.45, 2.75) is 13.3 Å². The summed E-state index contributed by atoms with van der Waals surface area (Å²) in [6.45, 7) is 5.53. The number of anilines is 1. The zero-order valence-corrected chi connectivity index (χ0v) is 17.4. The van der Waals surface area contributed by atoms with E-state index < -0.39 is 0 Å². The van der Waals surface area contributed by atoms with Crippen LogP contribution in [0.2, 0.25) is 5.02 Å². The Bertz CT molecular complexity index is 851. The highest BCUT2D eigenvalue weighted by Gasteiger charge is 2.25. The number of carbonyl (C=O) groups is 2. The molecule has 2 N–H and O–H groups in total. The molecule has 3 rings (SSSR count). The summed E-state index contributed by atoms with van der Waals surface area (Å²) < 4.78 is 5.72. The van der Waals surface area contributed by atoms with Gasteiger partial charge in [-0.2, -0.15) is 0 Å². The van der Waals surface area contributed by atoms with E-state index in [2.05, 4.69) is 5.32 Å². The molecule has 1 heterocycles. The van der Waals surface area contributed by atoms with Crippen molar-refractivity contribution >= 4 is 29.1 Å². The van der Waals surface area contributed by atoms with Crippen molar-refractivity contribution in [2.24, 2.45) is 0 Å². The van der Waals surface area contributed by atoms with Gasteiger partial charge in [0, 0.05) is 0 Å². The minimum atomic E-state index is -0.0699. The predicted molar refractivity (Wildman–Crippen MR) is 114 cm³/mol. The van der Waals surface area contributed by atoms with Crippen LogP contribution in [0.4, 0.5) is 5.69 Å². The number of para-hydroxylation sites is 2. The topological polar surface area (TPSA) is 63.1 Å². The maximum absolute atomic E-state index is 12.4. The Morgan fingerprint density at radius 3 is 2.52 bits per heavy atom. The molecule has 0 unspecified atom stereocenters. The Balaban J connectivity index is 1.37. The molecular formula is C22H27ClN3O3+. The van der Waals surface area contributed by atoms with Crippen LogP contribution in [-0.4, -0.2) is 56.0 Å². The first kappa shape index (κ1) is 21.1. The first-order chi connectivity index (χ1) is 14.0. The average molecular weight is 417 g/mol. The molecule has 1 saturated heterocycles. The van der Waals surface area contributed by atoms with Crippen LogP contribution in [-0.2, 0) is 9.59 Å². The number of benzene rings is 2. The molecule has 2 aromatic carbocycles. The van der Waals surface area contributed by atoms with Crippen LogP contribution in [0, 0.1) is 6.92 Å². The third-order valence-electron chi connectivity index (χ3n) is 5.05. The lowest BCUT2D eigenvalue weighted by Gasteiger charge is -2.32. The Morgan fingerprint density at radius 2 is 1.79 bits per heavy atom. The number of rotatable bonds is 7. The van der Waals surface area contributed by atoms with Crippen molar-refractivity contribution < 1.29 is 19.2 Å². The standard InChI is InChI=1S/C22H26ClN3O3/c1-17-6-2-5-9-20(17)29-15-10-22(28)26-13-11-25(12-14-26)16-21(27)24-19-8-4-3-7-18(19)23/h2-9H,10-16H2,1H3,(H,24,27)/p+1. The van der Waals surface area contributed by atoms with E-state index in [0.717, 1.165) is 29.3 Å². The molecule has 154 valence electrons. The highest BCUT2D eigenvalue weighted by atomic mass is 35.5. The van der Waals surface area contributed by atoms with Crippen LogP contribution in [0.5, 0.6) is 5.75 Å². The molecule has 0 atom stereocenters. The molecule has 0 bridgehead atoms. The van der Waals surface area contributed by atoms with Crippen molar-refractivity contribution in [3.05, 3.63) is 59.1 Å². The van der Waals surface area contributed by atoms with Gasteiger partial charge in [0.1, 0.15) is 5.75 Å². The number of nitrogens with one attached hydrogen (secondary N) is 2. The molecule has 29 heavy (non-hydrogen) atoms. The average Bonchev–Trinajstić information content (AvgIpc) is 2.71. The third-order valence-corrected chi connectivity index (χ3v) is 5.38. The molecule has 0 spiro atoms. The highest BCUT2D eigenvalue weighted by Crippen LogP contribution is 2.20. The third kappa shape index (κ3) is 6.21. The second kappa shape index (κ2) is 10.3. The number of halogens is 1. The molecule has 0 aliphatic carbocycles. The molecular weight excluding hydrogens is 390 g/mol. The molecule has 0 radical (unpaired) electrons. The lowest BCUT2D eigenvalue weighted by molar-refractivity contribution is -0.895. The quantitative estimate of drug-likeness (QED) is 0.723. The monoisotopic (exact) mass is 416 g/mol. The number of nitrogens with zero attached hydrogens (tertiary/aromatic N) is 1. The van der Waals surface area contributed by atoms with E-state index in [9.17, 15) is 9.59 Å². The molecule has 0 saturated carbocycles. The van der Waals surface area contributed by atoms with E-state index in [1.807, 2.05) is 48.2 Å². The van der Waals surface area contributed by atoms with Crippen LogP contribution in [0.25, 0.3) is 0 Å². The Labute approximate surface area is 176 Å². The number of amides is 2. The minimum Gasteiger partial charge on any atom is -0.493 e. The fourth-order valence-electron chi connectivity index (χ4n) is 3.36. The maximum Gasteiger partial charge on any atom is 0.279 e. The van der Waals surface area contributed by atoms with Crippen LogP contribution < -0.4 is 15.0 Å². The van der Waals surface area contributed by atoms with E-state index in [0.29, 0.717) is 43.4 Å². The Morgan fingerprint density at radius 1 is 1.10 bits per heavy atom. The fourth-order valence-corrected chi connectivity index (χ4v) is 3.54. The molecule has 2 amide bonds. The minimum absolute atomic E-state index is 0.0699. The van der Waals surface area contributed by atoms with E-state index in [4.69, 9.17) is 16.3 Å². The van der Waals surface area contributed by atoms with Gasteiger partial charge in [-0.25, -0.2) is 0 Å². The molecule has 1 aliphatic heterocycles. The molecule has 1 fully saturated rings. The highest BCUT2D eigenvalue weighted by molar-refractivity contribution is 6.33. The van der Waals surface area contributed by atoms with Crippen molar-refractivity contribution in [3.63, 3.8) is 0 Å². The molecule has 2 aromatic rings. The molecule has 1 aliphatic rings. The van der Waals surface area contributed by atoms with Gasteiger partial charge in [0.15, 0.2) is 6.54 Å². The van der Waals surface area contributed by atoms with Crippen LogP contribution in [0.1, 0.15) is 12.0 Å². The van der Waals surface area contributed by atoms with Gasteiger partial charge in [0.05, 0.1) is 49.9 Å². The lowest BCUT2D eigenvalue weighted by atomic mass is 10.2. The van der Waals surface area contributed by atoms with Gasteiger partial charge in [0.2, 0.25) is 5.91 Å². The normalized spacial score (nSPS) is 14.5. The second-order valence-electron chi connectivity index (χ2n) is 7.20. The summed E-state index contributed by atoms with van der Waals surface area (Å²) in [4.78, 5) is 27.7. The predicted octanol–water partition coefficient (Wildman–Crippen LogP) is 1.78. The van der Waals surface area contributed by atoms with Crippen molar-refractivity contribution in [1.82, 2.24) is 4.90 Å². The van der Waals surface area contributed by atoms with Gasteiger partial charge < -0.3 is 19.9 Å². The van der Waals surface area contributed by atoms with E-state index in [1.165, 1.54) is 0 Å². The number of ether oxygens (including phenoxy) is 1. The van der Waals surface area contributed by atoms with Gasteiger partial charge in [-0.05, 0) is 30.7 Å². The molecule has 6 nitrogen and oxygen atoms in total. The van der Waals surface area contributed by atoms with Crippen LogP contribution in [0.3, 0.4) is 0 Å². The number of hydrogen-bond acceptors (Lipinski definition) is 3. The van der Waals surface area contributed by atoms with E-state index in [1.54, 1.807) is 12.1 Å². The summed E-state index contributed by atoms with van der Waals surface area (Å²) in [5.74, 6) is 0.844. The van der Waals surface area contributed by atoms with Crippen LogP contribution >= 0.6 is 11.6 Å². The summed E-state index contributed by atoms with van der Waals surface area (Å²) in [5, 5.41) is 3.38. The van der Waals surface area contributed by atoms with Crippen molar-refractivity contribution in [3.8, 4) is 5.75 Å². The summed E-state index contributed by atoms with van der Waals surface area (Å²) >= 11 is 6.08. The smallest absolute Gasteiger partial charge is 0.279 e. The first-order valence-electron chi connectivity index (χ1n) is 9.87. The number of aryl methyl sites for hydroxylation is 1. The Kier molecular flexibility index (Phi) is 7.49. The molecule has 7 heteroatoms. The summed E-state index contributed by atoms with van der Waals surface area (Å²) in [5.41, 5.74) is 1.69. The Hall–Kier alpha value is -2.57. The summed E-state index contributed by atoms with van der Waals surface area (Å²) in [6, 6.07) is 15.0. The molecule has 0 aromatic heterocycles. The maximum atomic E-state index is 12.4. The van der Waals surface area contributed by atoms with Gasteiger partial charge in [-0.3, -0.25) is 9.59 Å². The number of piperazine rings is 1. The van der Waals surface area contributed by atoms with Gasteiger partial charge in [-0.15, -0.1) is 0 Å². The van der Waals surface area contributed by atoms with Crippen molar-refractivity contribution in [2.75, 3.05) is 44.6 Å². The summed E-state index contributed by atoms with van der Waals surface area (Å²) in [6.07, 6.45) is 0.358. The van der Waals surface area contributed by atoms with Gasteiger partial charge in [0.25, 0.3) is 5.91 Å². The van der Waals surface area contributed by atoms with Crippen molar-refractivity contribution in [1.29, 1.82) is 0 Å². The van der Waals surface area contributed by atoms with Crippen LogP contribution in [0.15, 0.2) is 48.5 Å². The van der Waals surface area contributed by atoms with E-state index in [-0.39, 0.29) is 11.8 Å². The van der Waals surface area contributed by atoms with Gasteiger partial charge >= 0.3 is 0 Å². The zero-order chi connectivity index (χ0) is 20.6. The number of carbonyl (C=O) groups excluding carboxylic acids is 2. The SMILES string of the molecule is Cc1ccccc1OCCC(=O)N1CC[NH+](CC(=O)Nc2ccccc2Cl)CC1. The zero-order valence-electron chi connectivity index (χ0n) is 16.6. The van der Waals surface area contributed by atoms with Gasteiger partial charge in [-0.1, -0.05) is 41.9 Å². The largest absolute Gasteiger partial charge is 0.493 e. The fraction of sp³-hybridized carbons (Fsp3) is 0.364. The lowest BCUT2D eigenvalue weighted by Crippen LogP contribution is -3.15.